The predicted molar refractivity (Wildman–Crippen MR) is 59.9 cm³/mol. The number of hydrogen-bond acceptors (Lipinski definition) is 2. The Bertz CT molecular complexity index is 205. The zero-order valence-electron chi connectivity index (χ0n) is 9.50. The first-order valence-electron chi connectivity index (χ1n) is 5.65. The Morgan fingerprint density at radius 1 is 1.07 bits per heavy atom. The van der Waals surface area contributed by atoms with Crippen LogP contribution >= 0.6 is 0 Å². The van der Waals surface area contributed by atoms with Crippen LogP contribution in [0.25, 0.3) is 0 Å². The van der Waals surface area contributed by atoms with E-state index in [-0.39, 0.29) is 12.3 Å². The summed E-state index contributed by atoms with van der Waals surface area (Å²) in [6.45, 7) is 2.15. The van der Waals surface area contributed by atoms with E-state index in [2.05, 4.69) is 6.92 Å². The van der Waals surface area contributed by atoms with Crippen molar-refractivity contribution in [1.29, 1.82) is 0 Å². The summed E-state index contributed by atoms with van der Waals surface area (Å²) >= 11 is 0. The van der Waals surface area contributed by atoms with E-state index >= 15 is 0 Å². The summed E-state index contributed by atoms with van der Waals surface area (Å²) in [5.41, 5.74) is 10.2. The van der Waals surface area contributed by atoms with E-state index in [1.54, 1.807) is 0 Å². The van der Waals surface area contributed by atoms with E-state index < -0.39 is 11.8 Å². The molecule has 0 bridgehead atoms. The second kappa shape index (κ2) is 8.26. The summed E-state index contributed by atoms with van der Waals surface area (Å²) in [5, 5.41) is 0. The van der Waals surface area contributed by atoms with Gasteiger partial charge in [-0.15, -0.1) is 0 Å². The average Bonchev–Trinajstić information content (AvgIpc) is 2.15. The van der Waals surface area contributed by atoms with Crippen LogP contribution < -0.4 is 11.5 Å². The Labute approximate surface area is 91.4 Å². The molecule has 2 amide bonds. The van der Waals surface area contributed by atoms with Crippen LogP contribution in [-0.2, 0) is 9.59 Å². The Kier molecular flexibility index (Phi) is 7.68. The van der Waals surface area contributed by atoms with Gasteiger partial charge in [-0.1, -0.05) is 39.0 Å². The number of primary amides is 2. The minimum absolute atomic E-state index is 0.0864. The van der Waals surface area contributed by atoms with Crippen molar-refractivity contribution in [1.82, 2.24) is 0 Å². The lowest BCUT2D eigenvalue weighted by molar-refractivity contribution is -0.127. The summed E-state index contributed by atoms with van der Waals surface area (Å²) in [7, 11) is 0. The lowest BCUT2D eigenvalue weighted by atomic mass is 9.96. The number of rotatable bonds is 9. The van der Waals surface area contributed by atoms with Gasteiger partial charge in [0.25, 0.3) is 0 Å². The smallest absolute Gasteiger partial charge is 0.221 e. The molecule has 88 valence electrons. The molecule has 1 unspecified atom stereocenters. The molecule has 0 saturated carbocycles. The van der Waals surface area contributed by atoms with E-state index in [4.69, 9.17) is 11.5 Å². The molecule has 4 nitrogen and oxygen atoms in total. The molecule has 0 aromatic carbocycles. The fourth-order valence-electron chi connectivity index (χ4n) is 1.58. The fraction of sp³-hybridized carbons (Fsp3) is 0.818. The highest BCUT2D eigenvalue weighted by Gasteiger charge is 2.17. The van der Waals surface area contributed by atoms with Crippen LogP contribution in [0.4, 0.5) is 0 Å². The van der Waals surface area contributed by atoms with Gasteiger partial charge in [-0.05, 0) is 6.42 Å². The molecule has 0 saturated heterocycles. The summed E-state index contributed by atoms with van der Waals surface area (Å²) < 4.78 is 0. The molecule has 0 aliphatic carbocycles. The molecule has 15 heavy (non-hydrogen) atoms. The third-order valence-electron chi connectivity index (χ3n) is 2.51. The Balaban J connectivity index is 3.67. The van der Waals surface area contributed by atoms with Crippen LogP contribution in [0.5, 0.6) is 0 Å². The zero-order chi connectivity index (χ0) is 11.7. The largest absolute Gasteiger partial charge is 0.370 e. The van der Waals surface area contributed by atoms with Crippen molar-refractivity contribution in [2.75, 3.05) is 0 Å². The summed E-state index contributed by atoms with van der Waals surface area (Å²) in [4.78, 5) is 21.6. The van der Waals surface area contributed by atoms with Gasteiger partial charge in [-0.2, -0.15) is 0 Å². The first-order valence-corrected chi connectivity index (χ1v) is 5.65. The normalized spacial score (nSPS) is 12.3. The van der Waals surface area contributed by atoms with Crippen LogP contribution in [0.2, 0.25) is 0 Å². The molecule has 4 N–H and O–H groups in total. The van der Waals surface area contributed by atoms with Gasteiger partial charge in [0.1, 0.15) is 0 Å². The van der Waals surface area contributed by atoms with Gasteiger partial charge in [-0.3, -0.25) is 9.59 Å². The second-order valence-electron chi connectivity index (χ2n) is 3.97. The number of nitrogens with two attached hydrogens (primary N) is 2. The van der Waals surface area contributed by atoms with Gasteiger partial charge in [-0.25, -0.2) is 0 Å². The van der Waals surface area contributed by atoms with E-state index in [1.165, 1.54) is 19.3 Å². The molecule has 0 aromatic rings. The Morgan fingerprint density at radius 3 is 2.13 bits per heavy atom. The summed E-state index contributed by atoms with van der Waals surface area (Å²) in [6, 6.07) is 0. The predicted octanol–water partition coefficient (Wildman–Crippen LogP) is 1.32. The van der Waals surface area contributed by atoms with Crippen molar-refractivity contribution in [3.05, 3.63) is 0 Å². The lowest BCUT2D eigenvalue weighted by Gasteiger charge is -2.10. The fourth-order valence-corrected chi connectivity index (χ4v) is 1.58. The van der Waals surface area contributed by atoms with E-state index in [0.29, 0.717) is 6.42 Å². The first kappa shape index (κ1) is 13.9. The van der Waals surface area contributed by atoms with Gasteiger partial charge < -0.3 is 11.5 Å². The van der Waals surface area contributed by atoms with Crippen LogP contribution in [0.1, 0.15) is 51.9 Å². The molecule has 0 aliphatic rings. The molecular formula is C11H22N2O2. The molecule has 0 heterocycles. The summed E-state index contributed by atoms with van der Waals surface area (Å²) in [5.74, 6) is -1.24. The van der Waals surface area contributed by atoms with E-state index in [0.717, 1.165) is 12.8 Å². The van der Waals surface area contributed by atoms with Gasteiger partial charge in [0.05, 0.1) is 0 Å². The molecule has 0 fully saturated rings. The van der Waals surface area contributed by atoms with Crippen LogP contribution in [0.3, 0.4) is 0 Å². The molecule has 0 aromatic heterocycles. The van der Waals surface area contributed by atoms with Gasteiger partial charge in [0, 0.05) is 12.3 Å². The van der Waals surface area contributed by atoms with Gasteiger partial charge in [0.15, 0.2) is 0 Å². The SMILES string of the molecule is CCCCCCCC(CC(N)=O)C(N)=O. The maximum atomic E-state index is 11.0. The number of carbonyl (C=O) groups is 2. The highest BCUT2D eigenvalue weighted by atomic mass is 16.2. The number of unbranched alkanes of at least 4 members (excludes halogenated alkanes) is 4. The maximum Gasteiger partial charge on any atom is 0.221 e. The molecule has 0 aliphatic heterocycles. The van der Waals surface area contributed by atoms with Crippen LogP contribution in [0.15, 0.2) is 0 Å². The number of amides is 2. The molecular weight excluding hydrogens is 192 g/mol. The highest BCUT2D eigenvalue weighted by Crippen LogP contribution is 2.14. The van der Waals surface area contributed by atoms with Crippen LogP contribution in [-0.4, -0.2) is 11.8 Å². The topological polar surface area (TPSA) is 86.2 Å². The molecule has 0 spiro atoms. The minimum atomic E-state index is -0.452. The van der Waals surface area contributed by atoms with Crippen LogP contribution in [0, 0.1) is 5.92 Å². The molecule has 4 heteroatoms. The van der Waals surface area contributed by atoms with Crippen molar-refractivity contribution in [3.8, 4) is 0 Å². The molecule has 0 radical (unpaired) electrons. The zero-order valence-corrected chi connectivity index (χ0v) is 9.50. The lowest BCUT2D eigenvalue weighted by Crippen LogP contribution is -2.28. The van der Waals surface area contributed by atoms with Crippen molar-refractivity contribution >= 4 is 11.8 Å². The summed E-state index contributed by atoms with van der Waals surface area (Å²) in [6.07, 6.45) is 6.40. The van der Waals surface area contributed by atoms with Crippen molar-refractivity contribution in [3.63, 3.8) is 0 Å². The third kappa shape index (κ3) is 7.97. The Hall–Kier alpha value is -1.06. The quantitative estimate of drug-likeness (QED) is 0.567. The third-order valence-corrected chi connectivity index (χ3v) is 2.51. The average molecular weight is 214 g/mol. The standard InChI is InChI=1S/C11H22N2O2/c1-2-3-4-5-6-7-9(11(13)15)8-10(12)14/h9H,2-8H2,1H3,(H2,12,14)(H2,13,15). The highest BCUT2D eigenvalue weighted by molar-refractivity contribution is 5.83. The Morgan fingerprint density at radius 2 is 1.67 bits per heavy atom. The van der Waals surface area contributed by atoms with Gasteiger partial charge in [0.2, 0.25) is 11.8 Å². The van der Waals surface area contributed by atoms with Gasteiger partial charge >= 0.3 is 0 Å². The van der Waals surface area contributed by atoms with E-state index in [9.17, 15) is 9.59 Å². The van der Waals surface area contributed by atoms with Crippen molar-refractivity contribution in [2.24, 2.45) is 17.4 Å². The monoisotopic (exact) mass is 214 g/mol. The van der Waals surface area contributed by atoms with Crippen molar-refractivity contribution < 1.29 is 9.59 Å². The van der Waals surface area contributed by atoms with Crippen molar-refractivity contribution in [2.45, 2.75) is 51.9 Å². The number of carbonyl (C=O) groups excluding carboxylic acids is 2. The maximum absolute atomic E-state index is 11.0. The molecule has 1 atom stereocenters. The number of hydrogen-bond donors (Lipinski definition) is 2. The second-order valence-corrected chi connectivity index (χ2v) is 3.97. The first-order chi connectivity index (χ1) is 7.07. The van der Waals surface area contributed by atoms with E-state index in [1.807, 2.05) is 0 Å². The molecule has 0 rings (SSSR count). The minimum Gasteiger partial charge on any atom is -0.370 e.